The molecule has 0 aliphatic carbocycles. The molecule has 1 fully saturated rings. The third kappa shape index (κ3) is 3.17. The van der Waals surface area contributed by atoms with Gasteiger partial charge in [0, 0.05) is 25.5 Å². The van der Waals surface area contributed by atoms with Gasteiger partial charge in [0.2, 0.25) is 0 Å². The zero-order chi connectivity index (χ0) is 12.3. The molecule has 102 valence electrons. The van der Waals surface area contributed by atoms with E-state index in [-0.39, 0.29) is 17.4 Å². The normalized spacial score (nSPS) is 18.3. The lowest BCUT2D eigenvalue weighted by molar-refractivity contribution is 0.278. The predicted molar refractivity (Wildman–Crippen MR) is 69.8 cm³/mol. The minimum atomic E-state index is -3.47. The van der Waals surface area contributed by atoms with Crippen molar-refractivity contribution in [1.29, 1.82) is 0 Å². The number of aromatic nitrogens is 2. The summed E-state index contributed by atoms with van der Waals surface area (Å²) in [5.41, 5.74) is 5.58. The zero-order valence-corrected chi connectivity index (χ0v) is 11.5. The number of hydrogen-bond acceptors (Lipinski definition) is 5. The molecule has 0 unspecified atom stereocenters. The Morgan fingerprint density at radius 1 is 1.33 bits per heavy atom. The van der Waals surface area contributed by atoms with Crippen molar-refractivity contribution in [2.45, 2.75) is 17.9 Å². The van der Waals surface area contributed by atoms with Gasteiger partial charge in [0.25, 0.3) is 10.0 Å². The molecule has 0 bridgehead atoms. The maximum absolute atomic E-state index is 12.2. The van der Waals surface area contributed by atoms with Gasteiger partial charge in [-0.3, -0.25) is 4.98 Å². The Kier molecular flexibility index (Phi) is 5.46. The van der Waals surface area contributed by atoms with Crippen LogP contribution in [0.4, 0.5) is 0 Å². The molecule has 2 N–H and O–H groups in total. The fourth-order valence-corrected chi connectivity index (χ4v) is 3.28. The quantitative estimate of drug-likeness (QED) is 0.863. The first kappa shape index (κ1) is 15.3. The number of rotatable bonds is 3. The van der Waals surface area contributed by atoms with Crippen molar-refractivity contribution in [2.24, 2.45) is 11.7 Å². The van der Waals surface area contributed by atoms with E-state index in [0.29, 0.717) is 25.6 Å². The lowest BCUT2D eigenvalue weighted by Crippen LogP contribution is -2.40. The van der Waals surface area contributed by atoms with Gasteiger partial charge in [-0.2, -0.15) is 4.31 Å². The van der Waals surface area contributed by atoms with Gasteiger partial charge in [0.15, 0.2) is 5.03 Å². The highest BCUT2D eigenvalue weighted by atomic mass is 35.5. The molecule has 1 aromatic heterocycles. The summed E-state index contributed by atoms with van der Waals surface area (Å²) in [6, 6.07) is 0. The molecule has 6 nitrogen and oxygen atoms in total. The van der Waals surface area contributed by atoms with Gasteiger partial charge < -0.3 is 5.73 Å². The van der Waals surface area contributed by atoms with Gasteiger partial charge >= 0.3 is 0 Å². The maximum Gasteiger partial charge on any atom is 0.262 e. The second kappa shape index (κ2) is 6.42. The molecule has 0 atom stereocenters. The van der Waals surface area contributed by atoms with Crippen LogP contribution in [-0.4, -0.2) is 42.3 Å². The smallest absolute Gasteiger partial charge is 0.262 e. The summed E-state index contributed by atoms with van der Waals surface area (Å²) in [7, 11) is -3.47. The fraction of sp³-hybridized carbons (Fsp3) is 0.600. The van der Waals surface area contributed by atoms with Gasteiger partial charge in [0.1, 0.15) is 0 Å². The second-order valence-corrected chi connectivity index (χ2v) is 6.01. The Balaban J connectivity index is 0.00000162. The summed E-state index contributed by atoms with van der Waals surface area (Å²) in [6.45, 7) is 1.65. The summed E-state index contributed by atoms with van der Waals surface area (Å²) >= 11 is 0. The van der Waals surface area contributed by atoms with E-state index in [0.717, 1.165) is 12.8 Å². The SMILES string of the molecule is Cl.NCC1CCN(S(=O)(=O)c2cnccn2)CC1. The molecule has 2 rings (SSSR count). The Labute approximate surface area is 113 Å². The molecule has 1 saturated heterocycles. The first-order chi connectivity index (χ1) is 8.14. The molecule has 1 aliphatic heterocycles. The van der Waals surface area contributed by atoms with E-state index < -0.39 is 10.0 Å². The largest absolute Gasteiger partial charge is 0.330 e. The Morgan fingerprint density at radius 3 is 2.50 bits per heavy atom. The maximum atomic E-state index is 12.2. The van der Waals surface area contributed by atoms with E-state index in [2.05, 4.69) is 9.97 Å². The van der Waals surface area contributed by atoms with Crippen LogP contribution in [0.25, 0.3) is 0 Å². The van der Waals surface area contributed by atoms with Gasteiger partial charge in [-0.25, -0.2) is 13.4 Å². The predicted octanol–water partition coefficient (Wildman–Crippen LogP) is 0.258. The zero-order valence-electron chi connectivity index (χ0n) is 9.90. The summed E-state index contributed by atoms with van der Waals surface area (Å²) in [6.07, 6.45) is 5.76. The average Bonchev–Trinajstić information content (AvgIpc) is 2.40. The molecule has 0 saturated carbocycles. The van der Waals surface area contributed by atoms with Gasteiger partial charge in [-0.1, -0.05) is 0 Å². The molecule has 18 heavy (non-hydrogen) atoms. The lowest BCUT2D eigenvalue weighted by Gasteiger charge is -2.29. The van der Waals surface area contributed by atoms with Crippen molar-refractivity contribution in [1.82, 2.24) is 14.3 Å². The van der Waals surface area contributed by atoms with Gasteiger partial charge in [0.05, 0.1) is 6.20 Å². The molecule has 0 spiro atoms. The second-order valence-electron chi connectivity index (χ2n) is 4.13. The van der Waals surface area contributed by atoms with Crippen molar-refractivity contribution in [3.63, 3.8) is 0 Å². The van der Waals surface area contributed by atoms with Crippen molar-refractivity contribution in [3.05, 3.63) is 18.6 Å². The minimum Gasteiger partial charge on any atom is -0.330 e. The highest BCUT2D eigenvalue weighted by Gasteiger charge is 2.29. The summed E-state index contributed by atoms with van der Waals surface area (Å²) in [5, 5.41) is 0.0196. The van der Waals surface area contributed by atoms with E-state index in [4.69, 9.17) is 5.73 Å². The summed E-state index contributed by atoms with van der Waals surface area (Å²) in [4.78, 5) is 7.64. The summed E-state index contributed by atoms with van der Waals surface area (Å²) in [5.74, 6) is 0.434. The van der Waals surface area contributed by atoms with Crippen LogP contribution in [0.3, 0.4) is 0 Å². The molecule has 2 heterocycles. The average molecular weight is 293 g/mol. The number of halogens is 1. The summed E-state index contributed by atoms with van der Waals surface area (Å²) < 4.78 is 25.8. The van der Waals surface area contributed by atoms with Crippen molar-refractivity contribution >= 4 is 22.4 Å². The van der Waals surface area contributed by atoms with E-state index in [1.165, 1.54) is 22.9 Å². The van der Waals surface area contributed by atoms with Crippen LogP contribution in [0.1, 0.15) is 12.8 Å². The van der Waals surface area contributed by atoms with Crippen LogP contribution in [0.2, 0.25) is 0 Å². The number of nitrogens with two attached hydrogens (primary N) is 1. The van der Waals surface area contributed by atoms with Crippen LogP contribution in [0.15, 0.2) is 23.6 Å². The molecule has 0 amide bonds. The van der Waals surface area contributed by atoms with Crippen LogP contribution < -0.4 is 5.73 Å². The van der Waals surface area contributed by atoms with Crippen LogP contribution in [-0.2, 0) is 10.0 Å². The number of nitrogens with zero attached hydrogens (tertiary/aromatic N) is 3. The van der Waals surface area contributed by atoms with Crippen LogP contribution in [0, 0.1) is 5.92 Å². The molecular formula is C10H17ClN4O2S. The molecule has 8 heteroatoms. The highest BCUT2D eigenvalue weighted by Crippen LogP contribution is 2.21. The molecule has 0 radical (unpaired) electrons. The Hall–Kier alpha value is -0.760. The van der Waals surface area contributed by atoms with E-state index in [9.17, 15) is 8.42 Å². The minimum absolute atomic E-state index is 0. The number of sulfonamides is 1. The van der Waals surface area contributed by atoms with Crippen LogP contribution >= 0.6 is 12.4 Å². The Morgan fingerprint density at radius 2 is 2.00 bits per heavy atom. The lowest BCUT2D eigenvalue weighted by atomic mass is 9.99. The molecular weight excluding hydrogens is 276 g/mol. The topological polar surface area (TPSA) is 89.2 Å². The van der Waals surface area contributed by atoms with E-state index in [1.54, 1.807) is 0 Å². The van der Waals surface area contributed by atoms with Crippen LogP contribution in [0.5, 0.6) is 0 Å². The first-order valence-electron chi connectivity index (χ1n) is 5.61. The fourth-order valence-electron chi connectivity index (χ4n) is 1.94. The molecule has 0 aromatic carbocycles. The number of hydrogen-bond donors (Lipinski definition) is 1. The van der Waals surface area contributed by atoms with Gasteiger partial charge in [-0.15, -0.1) is 12.4 Å². The monoisotopic (exact) mass is 292 g/mol. The first-order valence-corrected chi connectivity index (χ1v) is 7.05. The van der Waals surface area contributed by atoms with E-state index >= 15 is 0 Å². The number of piperidine rings is 1. The molecule has 1 aliphatic rings. The highest BCUT2D eigenvalue weighted by molar-refractivity contribution is 7.89. The third-order valence-electron chi connectivity index (χ3n) is 3.05. The van der Waals surface area contributed by atoms with Crippen molar-refractivity contribution in [2.75, 3.05) is 19.6 Å². The molecule has 1 aromatic rings. The van der Waals surface area contributed by atoms with Gasteiger partial charge in [-0.05, 0) is 25.3 Å². The van der Waals surface area contributed by atoms with Crippen molar-refractivity contribution in [3.8, 4) is 0 Å². The standard InChI is InChI=1S/C10H16N4O2S.ClH/c11-7-9-1-5-14(6-2-9)17(15,16)10-8-12-3-4-13-10;/h3-4,8-9H,1-2,5-7,11H2;1H. The third-order valence-corrected chi connectivity index (χ3v) is 4.83. The Bertz CT molecular complexity index is 460. The van der Waals surface area contributed by atoms with E-state index in [1.807, 2.05) is 0 Å². The van der Waals surface area contributed by atoms with Crippen molar-refractivity contribution < 1.29 is 8.42 Å².